The number of hydrogen-bond acceptors (Lipinski definition) is 4. The van der Waals surface area contributed by atoms with E-state index in [4.69, 9.17) is 4.43 Å². The highest BCUT2D eigenvalue weighted by Crippen LogP contribution is 2.46. The van der Waals surface area contributed by atoms with Crippen LogP contribution < -0.4 is 0 Å². The number of rotatable bonds is 6. The second-order valence-corrected chi connectivity index (χ2v) is 15.3. The molecule has 1 aliphatic heterocycles. The maximum Gasteiger partial charge on any atom is 0.413 e. The minimum absolute atomic E-state index is 0.158. The van der Waals surface area contributed by atoms with E-state index in [0.717, 1.165) is 24.2 Å². The molecule has 8 heteroatoms. The van der Waals surface area contributed by atoms with E-state index >= 15 is 0 Å². The molecule has 0 aromatic rings. The summed E-state index contributed by atoms with van der Waals surface area (Å²) in [5.41, 5.74) is 0. The highest BCUT2D eigenvalue weighted by atomic mass is 32.2. The lowest BCUT2D eigenvalue weighted by atomic mass is 10.1. The van der Waals surface area contributed by atoms with Crippen molar-refractivity contribution in [3.05, 3.63) is 0 Å². The van der Waals surface area contributed by atoms with Gasteiger partial charge in [-0.05, 0) is 48.9 Å². The molecule has 1 atom stereocenters. The van der Waals surface area contributed by atoms with Crippen LogP contribution in [-0.2, 0) is 9.22 Å². The van der Waals surface area contributed by atoms with E-state index in [1.165, 1.54) is 23.5 Å². The van der Waals surface area contributed by atoms with Gasteiger partial charge in [0, 0.05) is 0 Å². The maximum atomic E-state index is 13.4. The fourth-order valence-electron chi connectivity index (χ4n) is 2.02. The number of halogens is 3. The fourth-order valence-corrected chi connectivity index (χ4v) is 6.28. The third-order valence-electron chi connectivity index (χ3n) is 4.52. The molecular formula is C15H27F3O2S2Si. The first-order valence-corrected chi connectivity index (χ1v) is 12.7. The molecule has 1 rings (SSSR count). The summed E-state index contributed by atoms with van der Waals surface area (Å²) in [5.74, 6) is 1.65. The van der Waals surface area contributed by atoms with E-state index in [9.17, 15) is 18.0 Å². The van der Waals surface area contributed by atoms with E-state index in [2.05, 4.69) is 0 Å². The molecule has 1 fully saturated rings. The zero-order chi connectivity index (χ0) is 17.9. The summed E-state index contributed by atoms with van der Waals surface area (Å²) >= 11 is 2.94. The van der Waals surface area contributed by atoms with Crippen molar-refractivity contribution in [1.82, 2.24) is 0 Å². The third kappa shape index (κ3) is 5.97. The van der Waals surface area contributed by atoms with E-state index in [0.29, 0.717) is 0 Å². The van der Waals surface area contributed by atoms with Gasteiger partial charge in [0.15, 0.2) is 8.32 Å². The molecule has 0 aromatic carbocycles. The summed E-state index contributed by atoms with van der Waals surface area (Å²) in [5, 5.41) is -0.285. The summed E-state index contributed by atoms with van der Waals surface area (Å²) in [7, 11) is -2.52. The lowest BCUT2D eigenvalue weighted by Crippen LogP contribution is -2.48. The highest BCUT2D eigenvalue weighted by Gasteiger charge is 2.48. The molecule has 0 N–H and O–H groups in total. The Morgan fingerprint density at radius 2 is 1.74 bits per heavy atom. The van der Waals surface area contributed by atoms with E-state index in [-0.39, 0.29) is 17.9 Å². The van der Waals surface area contributed by atoms with E-state index in [1.807, 2.05) is 33.9 Å². The van der Waals surface area contributed by atoms with Crippen molar-refractivity contribution < 1.29 is 22.4 Å². The topological polar surface area (TPSA) is 26.3 Å². The van der Waals surface area contributed by atoms with Gasteiger partial charge in [-0.25, -0.2) is 0 Å². The summed E-state index contributed by atoms with van der Waals surface area (Å²) in [6, 6.07) is 0. The summed E-state index contributed by atoms with van der Waals surface area (Å²) in [6.45, 7) is 9.42. The second-order valence-electron chi connectivity index (χ2n) is 7.43. The predicted octanol–water partition coefficient (Wildman–Crippen LogP) is 5.48. The van der Waals surface area contributed by atoms with Gasteiger partial charge in [0.05, 0.1) is 0 Å². The molecule has 0 bridgehead atoms. The predicted molar refractivity (Wildman–Crippen MR) is 95.7 cm³/mol. The lowest BCUT2D eigenvalue weighted by molar-refractivity contribution is -0.200. The zero-order valence-electron chi connectivity index (χ0n) is 14.5. The zero-order valence-corrected chi connectivity index (χ0v) is 17.1. The van der Waals surface area contributed by atoms with Crippen LogP contribution in [0, 0.1) is 0 Å². The van der Waals surface area contributed by atoms with Gasteiger partial charge in [-0.2, -0.15) is 13.2 Å². The fraction of sp³-hybridized carbons (Fsp3) is 0.933. The molecule has 23 heavy (non-hydrogen) atoms. The molecule has 0 unspecified atom stereocenters. The third-order valence-corrected chi connectivity index (χ3v) is 12.3. The Bertz CT molecular complexity index is 403. The minimum atomic E-state index is -4.40. The van der Waals surface area contributed by atoms with E-state index in [1.54, 1.807) is 0 Å². The van der Waals surface area contributed by atoms with Crippen LogP contribution in [0.5, 0.6) is 0 Å². The molecule has 0 saturated carbocycles. The number of hydrogen-bond donors (Lipinski definition) is 0. The van der Waals surface area contributed by atoms with Crippen molar-refractivity contribution in [2.45, 2.75) is 74.5 Å². The first-order valence-electron chi connectivity index (χ1n) is 7.82. The summed E-state index contributed by atoms with van der Waals surface area (Å²) in [6.07, 6.45) is -4.33. The van der Waals surface area contributed by atoms with Gasteiger partial charge in [-0.15, -0.1) is 23.5 Å². The Morgan fingerprint density at radius 3 is 2.13 bits per heavy atom. The molecule has 0 aromatic heterocycles. The van der Waals surface area contributed by atoms with Gasteiger partial charge in [0.2, 0.25) is 0 Å². The van der Waals surface area contributed by atoms with Crippen molar-refractivity contribution in [1.29, 1.82) is 0 Å². The van der Waals surface area contributed by atoms with Crippen LogP contribution in [0.25, 0.3) is 0 Å². The van der Waals surface area contributed by atoms with Crippen molar-refractivity contribution >= 4 is 38.1 Å². The SMILES string of the molecule is CC(C)(C)[Si](C)(C)O[C@@H](CCC1(C=O)SCCCS1)C(F)(F)F. The lowest BCUT2D eigenvalue weighted by Gasteiger charge is -2.40. The Kier molecular flexibility index (Phi) is 7.16. The van der Waals surface area contributed by atoms with Crippen molar-refractivity contribution in [2.75, 3.05) is 11.5 Å². The van der Waals surface area contributed by atoms with Crippen LogP contribution >= 0.6 is 23.5 Å². The quantitative estimate of drug-likeness (QED) is 0.444. The van der Waals surface area contributed by atoms with E-state index < -0.39 is 24.7 Å². The normalized spacial score (nSPS) is 21.0. The van der Waals surface area contributed by atoms with Crippen LogP contribution in [0.2, 0.25) is 18.1 Å². The van der Waals surface area contributed by atoms with Crippen molar-refractivity contribution in [2.24, 2.45) is 0 Å². The molecule has 1 saturated heterocycles. The van der Waals surface area contributed by atoms with Gasteiger partial charge in [0.1, 0.15) is 16.5 Å². The van der Waals surface area contributed by atoms with Crippen LogP contribution in [0.4, 0.5) is 13.2 Å². The Hall–Kier alpha value is 0.337. The van der Waals surface area contributed by atoms with Gasteiger partial charge in [-0.1, -0.05) is 20.8 Å². The van der Waals surface area contributed by atoms with Gasteiger partial charge in [0.25, 0.3) is 0 Å². The molecule has 0 amide bonds. The van der Waals surface area contributed by atoms with Crippen LogP contribution in [0.15, 0.2) is 0 Å². The summed E-state index contributed by atoms with van der Waals surface area (Å²) < 4.78 is 45.1. The average Bonchev–Trinajstić information content (AvgIpc) is 2.42. The number of aldehydes is 1. The average molecular weight is 389 g/mol. The van der Waals surface area contributed by atoms with Crippen molar-refractivity contribution in [3.63, 3.8) is 0 Å². The van der Waals surface area contributed by atoms with Gasteiger partial charge >= 0.3 is 6.18 Å². The molecule has 0 aliphatic carbocycles. The number of thioether (sulfide) groups is 2. The monoisotopic (exact) mass is 388 g/mol. The smallest absolute Gasteiger partial charge is 0.405 e. The van der Waals surface area contributed by atoms with Crippen LogP contribution in [0.1, 0.15) is 40.0 Å². The van der Waals surface area contributed by atoms with Gasteiger partial charge < -0.3 is 9.22 Å². The first kappa shape index (κ1) is 21.4. The van der Waals surface area contributed by atoms with Crippen molar-refractivity contribution in [3.8, 4) is 0 Å². The largest absolute Gasteiger partial charge is 0.413 e. The Balaban J connectivity index is 2.82. The Morgan fingerprint density at radius 1 is 1.22 bits per heavy atom. The number of alkyl halides is 3. The minimum Gasteiger partial charge on any atom is -0.405 e. The first-order chi connectivity index (χ1) is 10.3. The molecule has 1 heterocycles. The highest BCUT2D eigenvalue weighted by molar-refractivity contribution is 8.19. The second kappa shape index (κ2) is 7.70. The molecule has 0 spiro atoms. The Labute approximate surface area is 146 Å². The molecular weight excluding hydrogens is 361 g/mol. The van der Waals surface area contributed by atoms with Crippen LogP contribution in [0.3, 0.4) is 0 Å². The summed E-state index contributed by atoms with van der Waals surface area (Å²) in [4.78, 5) is 11.4. The number of carbonyl (C=O) groups is 1. The molecule has 136 valence electrons. The molecule has 2 nitrogen and oxygen atoms in total. The number of carbonyl (C=O) groups excluding carboxylic acids is 1. The maximum absolute atomic E-state index is 13.4. The van der Waals surface area contributed by atoms with Gasteiger partial charge in [-0.3, -0.25) is 0 Å². The molecule has 0 radical (unpaired) electrons. The van der Waals surface area contributed by atoms with Crippen LogP contribution in [-0.4, -0.2) is 42.5 Å². The molecule has 1 aliphatic rings. The standard InChI is InChI=1S/C15H27F3O2S2Si/c1-13(2,3)23(4,5)20-12(15(16,17)18)7-8-14(11-19)21-9-6-10-22-14/h11-12H,6-10H2,1-5H3/t12-/m0/s1.